The maximum Gasteiger partial charge on any atom is 0.433 e. The van der Waals surface area contributed by atoms with Gasteiger partial charge in [-0.1, -0.05) is 0 Å². The summed E-state index contributed by atoms with van der Waals surface area (Å²) in [5.41, 5.74) is 1.90. The molecule has 0 radical (unpaired) electrons. The zero-order chi connectivity index (χ0) is 17.5. The van der Waals surface area contributed by atoms with Crippen molar-refractivity contribution >= 4 is 29.5 Å². The van der Waals surface area contributed by atoms with Gasteiger partial charge < -0.3 is 5.11 Å². The topological polar surface area (TPSA) is 57.6 Å². The van der Waals surface area contributed by atoms with Gasteiger partial charge in [0.2, 0.25) is 0 Å². The van der Waals surface area contributed by atoms with Crippen LogP contribution in [-0.2, 0) is 0 Å². The number of benzene rings is 2. The number of carbonyl (C=O) groups excluding carboxylic acids is 1. The summed E-state index contributed by atoms with van der Waals surface area (Å²) in [6.07, 6.45) is 3.46. The second-order valence-electron chi connectivity index (χ2n) is 5.77. The largest absolute Gasteiger partial charge is 0.478 e. The lowest BCUT2D eigenvalue weighted by Crippen LogP contribution is -2.49. The SMILES string of the molecule is CN(C)C(=O)[N+]1(c2ccc(F)cc2)C=Cc2ccc(C(=O)O)cc21. The molecule has 0 aliphatic carbocycles. The number of quaternary nitrogens is 1. The van der Waals surface area contributed by atoms with Crippen LogP contribution in [0.2, 0.25) is 0 Å². The monoisotopic (exact) mass is 327 g/mol. The Kier molecular flexibility index (Phi) is 3.69. The lowest BCUT2D eigenvalue weighted by atomic mass is 10.1. The molecule has 6 heteroatoms. The lowest BCUT2D eigenvalue weighted by molar-refractivity contribution is 0.0696. The summed E-state index contributed by atoms with van der Waals surface area (Å²) < 4.78 is 13.0. The molecule has 0 saturated heterocycles. The first-order valence-electron chi connectivity index (χ1n) is 7.30. The Hall–Kier alpha value is -2.99. The lowest BCUT2D eigenvalue weighted by Gasteiger charge is -2.31. The molecule has 2 amide bonds. The summed E-state index contributed by atoms with van der Waals surface area (Å²) in [6, 6.07) is 10.0. The molecule has 1 heterocycles. The third-order valence-corrected chi connectivity index (χ3v) is 4.05. The highest BCUT2D eigenvalue weighted by atomic mass is 19.1. The van der Waals surface area contributed by atoms with Crippen molar-refractivity contribution in [2.24, 2.45) is 0 Å². The Morgan fingerprint density at radius 2 is 1.75 bits per heavy atom. The van der Waals surface area contributed by atoms with Crippen LogP contribution < -0.4 is 4.48 Å². The van der Waals surface area contributed by atoms with E-state index in [4.69, 9.17) is 0 Å². The van der Waals surface area contributed by atoms with Gasteiger partial charge in [0.15, 0.2) is 11.4 Å². The van der Waals surface area contributed by atoms with Crippen LogP contribution in [0.5, 0.6) is 0 Å². The first kappa shape index (κ1) is 15.9. The van der Waals surface area contributed by atoms with Gasteiger partial charge in [-0.2, -0.15) is 0 Å². The predicted octanol–water partition coefficient (Wildman–Crippen LogP) is 3.83. The van der Waals surface area contributed by atoms with Crippen molar-refractivity contribution in [1.29, 1.82) is 0 Å². The van der Waals surface area contributed by atoms with Crippen LogP contribution in [0.1, 0.15) is 15.9 Å². The average molecular weight is 327 g/mol. The number of hydrogen-bond acceptors (Lipinski definition) is 2. The van der Waals surface area contributed by atoms with Gasteiger partial charge in [-0.25, -0.2) is 14.0 Å². The third-order valence-electron chi connectivity index (χ3n) is 4.05. The van der Waals surface area contributed by atoms with E-state index in [1.54, 1.807) is 32.4 Å². The summed E-state index contributed by atoms with van der Waals surface area (Å²) in [5, 5.41) is 9.27. The zero-order valence-electron chi connectivity index (χ0n) is 13.2. The van der Waals surface area contributed by atoms with Crippen molar-refractivity contribution in [3.63, 3.8) is 0 Å². The van der Waals surface area contributed by atoms with E-state index in [-0.39, 0.29) is 16.1 Å². The highest BCUT2D eigenvalue weighted by Crippen LogP contribution is 2.44. The van der Waals surface area contributed by atoms with E-state index in [2.05, 4.69) is 0 Å². The number of rotatable bonds is 2. The Bertz CT molecular complexity index is 859. The van der Waals surface area contributed by atoms with Crippen LogP contribution in [0.15, 0.2) is 48.7 Å². The minimum atomic E-state index is -1.07. The average Bonchev–Trinajstić information content (AvgIpc) is 2.94. The standard InChI is InChI=1S/C18H15FN2O3/c1-20(2)18(24)21(15-7-5-14(19)6-8-15)10-9-12-3-4-13(17(22)23)11-16(12)21/h3-11H,1-2H3/p+1. The number of halogens is 1. The second kappa shape index (κ2) is 5.58. The summed E-state index contributed by atoms with van der Waals surface area (Å²) in [5.74, 6) is -1.48. The summed E-state index contributed by atoms with van der Waals surface area (Å²) >= 11 is 0. The van der Waals surface area contributed by atoms with E-state index in [0.29, 0.717) is 11.4 Å². The molecule has 1 atom stereocenters. The summed E-state index contributed by atoms with van der Waals surface area (Å²) in [7, 11) is 3.25. The van der Waals surface area contributed by atoms with E-state index < -0.39 is 11.8 Å². The molecule has 1 aliphatic heterocycles. The third kappa shape index (κ3) is 2.28. The first-order chi connectivity index (χ1) is 11.4. The number of nitrogens with zero attached hydrogens (tertiary/aromatic N) is 2. The van der Waals surface area contributed by atoms with E-state index >= 15 is 0 Å². The number of hydrogen-bond donors (Lipinski definition) is 1. The van der Waals surface area contributed by atoms with Crippen molar-refractivity contribution in [1.82, 2.24) is 9.38 Å². The van der Waals surface area contributed by atoms with Gasteiger partial charge >= 0.3 is 12.0 Å². The van der Waals surface area contributed by atoms with Gasteiger partial charge in [0.05, 0.1) is 5.56 Å². The molecule has 0 aromatic heterocycles. The van der Waals surface area contributed by atoms with E-state index in [1.807, 2.05) is 0 Å². The van der Waals surface area contributed by atoms with Crippen LogP contribution in [0.3, 0.4) is 0 Å². The Balaban J connectivity index is 2.29. The van der Waals surface area contributed by atoms with Crippen LogP contribution in [0, 0.1) is 5.82 Å². The highest BCUT2D eigenvalue weighted by Gasteiger charge is 2.46. The Labute approximate surface area is 138 Å². The van der Waals surface area contributed by atoms with Crippen molar-refractivity contribution in [2.45, 2.75) is 0 Å². The van der Waals surface area contributed by atoms with Crippen molar-refractivity contribution in [2.75, 3.05) is 14.1 Å². The fourth-order valence-corrected chi connectivity index (χ4v) is 2.89. The molecule has 0 bridgehead atoms. The first-order valence-corrected chi connectivity index (χ1v) is 7.30. The Morgan fingerprint density at radius 3 is 2.33 bits per heavy atom. The molecule has 1 N–H and O–H groups in total. The molecular formula is C18H16FN2O3+. The molecule has 0 fully saturated rings. The van der Waals surface area contributed by atoms with Crippen LogP contribution in [0.25, 0.3) is 6.08 Å². The summed E-state index contributed by atoms with van der Waals surface area (Å²) in [4.78, 5) is 25.8. The predicted molar refractivity (Wildman–Crippen MR) is 89.4 cm³/mol. The minimum absolute atomic E-state index is 0.0913. The van der Waals surface area contributed by atoms with E-state index in [9.17, 15) is 19.1 Å². The van der Waals surface area contributed by atoms with Gasteiger partial charge in [0, 0.05) is 43.9 Å². The number of urea groups is 1. The van der Waals surface area contributed by atoms with Gasteiger partial charge in [0.1, 0.15) is 12.0 Å². The normalized spacial score (nSPS) is 18.3. The minimum Gasteiger partial charge on any atom is -0.478 e. The van der Waals surface area contributed by atoms with Crippen LogP contribution in [0.4, 0.5) is 20.6 Å². The fraction of sp³-hybridized carbons (Fsp3) is 0.111. The van der Waals surface area contributed by atoms with E-state index in [0.717, 1.165) is 5.56 Å². The van der Waals surface area contributed by atoms with Crippen LogP contribution in [-0.4, -0.2) is 36.1 Å². The van der Waals surface area contributed by atoms with Gasteiger partial charge in [-0.15, -0.1) is 4.48 Å². The molecule has 1 unspecified atom stereocenters. The smallest absolute Gasteiger partial charge is 0.433 e. The Morgan fingerprint density at radius 1 is 1.08 bits per heavy atom. The van der Waals surface area contributed by atoms with Gasteiger partial charge in [0.25, 0.3) is 0 Å². The number of carbonyl (C=O) groups is 2. The van der Waals surface area contributed by atoms with Crippen molar-refractivity contribution in [3.8, 4) is 0 Å². The number of fused-ring (bicyclic) bond motifs is 1. The van der Waals surface area contributed by atoms with E-state index in [1.165, 1.54) is 41.3 Å². The number of aromatic carboxylic acids is 1. The molecule has 2 aromatic rings. The molecule has 0 saturated carbocycles. The molecule has 5 nitrogen and oxygen atoms in total. The molecule has 1 aliphatic rings. The summed E-state index contributed by atoms with van der Waals surface area (Å²) in [6.45, 7) is 0. The van der Waals surface area contributed by atoms with Gasteiger partial charge in [-0.05, 0) is 24.3 Å². The molecular weight excluding hydrogens is 311 g/mol. The zero-order valence-corrected chi connectivity index (χ0v) is 13.2. The number of amides is 2. The molecule has 3 rings (SSSR count). The molecule has 24 heavy (non-hydrogen) atoms. The molecule has 0 spiro atoms. The second-order valence-corrected chi connectivity index (χ2v) is 5.77. The number of carboxylic acids is 1. The van der Waals surface area contributed by atoms with Gasteiger partial charge in [-0.3, -0.25) is 4.90 Å². The van der Waals surface area contributed by atoms with Crippen molar-refractivity contribution in [3.05, 3.63) is 65.6 Å². The maximum absolute atomic E-state index is 13.3. The maximum atomic E-state index is 13.3. The molecule has 122 valence electrons. The molecule has 2 aromatic carbocycles. The number of carboxylic acid groups (broad SMARTS) is 1. The quantitative estimate of drug-likeness (QED) is 0.853. The highest BCUT2D eigenvalue weighted by molar-refractivity contribution is 6.02. The fourth-order valence-electron chi connectivity index (χ4n) is 2.89. The van der Waals surface area contributed by atoms with Crippen molar-refractivity contribution < 1.29 is 19.1 Å². The van der Waals surface area contributed by atoms with Crippen LogP contribution >= 0.6 is 0 Å².